The number of ether oxygens (including phenoxy) is 2. The summed E-state index contributed by atoms with van der Waals surface area (Å²) >= 11 is 0. The van der Waals surface area contributed by atoms with Gasteiger partial charge in [0.2, 0.25) is 0 Å². The van der Waals surface area contributed by atoms with E-state index in [1.54, 1.807) is 6.92 Å². The number of carbonyl (C=O) groups excluding carboxylic acids is 2. The summed E-state index contributed by atoms with van der Waals surface area (Å²) in [7, 11) is 0. The second-order valence-electron chi connectivity index (χ2n) is 13.6. The zero-order valence-corrected chi connectivity index (χ0v) is 22.7. The minimum Gasteiger partial charge on any atom is -0.462 e. The van der Waals surface area contributed by atoms with Gasteiger partial charge in [-0.05, 0) is 79.4 Å². The molecule has 4 aliphatic carbocycles. The average molecular weight is 489 g/mol. The third-order valence-corrected chi connectivity index (χ3v) is 11.6. The third kappa shape index (κ3) is 3.76. The van der Waals surface area contributed by atoms with Crippen LogP contribution in [0.15, 0.2) is 0 Å². The van der Waals surface area contributed by atoms with Gasteiger partial charge in [0.25, 0.3) is 0 Å². The molecule has 10 atom stereocenters. The van der Waals surface area contributed by atoms with Crippen molar-refractivity contribution in [2.75, 3.05) is 6.61 Å². The number of hydrogen-bond acceptors (Lipinski definition) is 5. The van der Waals surface area contributed by atoms with Gasteiger partial charge in [-0.2, -0.15) is 0 Å². The minimum atomic E-state index is -1.41. The first-order valence-electron chi connectivity index (χ1n) is 14.6. The SMILES string of the molecule is CCC(=O)O[C@H]1CC[C@@]23CO[C@@H](C(=O)[C@@]2(O)C1)[C@H]1[C@@H]2CC[C@H]([C@H](C)CCCC(C)C)[C@@]2(C)CC[C@@H]13. The first-order valence-corrected chi connectivity index (χ1v) is 14.6. The topological polar surface area (TPSA) is 72.8 Å². The Morgan fingerprint density at radius 1 is 1.11 bits per heavy atom. The van der Waals surface area contributed by atoms with Crippen LogP contribution in [0.3, 0.4) is 0 Å². The standard InChI is InChI=1S/C30H48O5/c1-6-24(31)35-20-12-15-29-17-34-26(27(32)30(29,33)16-20)25-22-11-10-21(19(4)9-7-8-18(2)3)28(22,5)14-13-23(25)29/h18-23,25-26,33H,6-17H2,1-5H3/t19-,20+,21-,22+,23+,25+,26-,28-,29+,30+/m1/s1. The molecule has 1 N–H and O–H groups in total. The molecule has 0 aromatic carbocycles. The number of carbonyl (C=O) groups is 2. The number of esters is 1. The van der Waals surface area contributed by atoms with Crippen molar-refractivity contribution in [3.63, 3.8) is 0 Å². The van der Waals surface area contributed by atoms with Gasteiger partial charge in [-0.1, -0.05) is 53.9 Å². The molecule has 6 rings (SSSR count). The Morgan fingerprint density at radius 3 is 2.60 bits per heavy atom. The Balaban J connectivity index is 1.37. The van der Waals surface area contributed by atoms with Crippen molar-refractivity contribution >= 4 is 11.8 Å². The van der Waals surface area contributed by atoms with Crippen molar-refractivity contribution in [3.05, 3.63) is 0 Å². The predicted octanol–water partition coefficient (Wildman–Crippen LogP) is 5.71. The van der Waals surface area contributed by atoms with E-state index in [4.69, 9.17) is 9.47 Å². The van der Waals surface area contributed by atoms with E-state index in [1.165, 1.54) is 38.5 Å². The summed E-state index contributed by atoms with van der Waals surface area (Å²) in [6, 6.07) is 0. The summed E-state index contributed by atoms with van der Waals surface area (Å²) in [5.41, 5.74) is -1.66. The largest absolute Gasteiger partial charge is 0.462 e. The lowest BCUT2D eigenvalue weighted by molar-refractivity contribution is -0.296. The molecule has 35 heavy (non-hydrogen) atoms. The molecule has 5 heteroatoms. The van der Waals surface area contributed by atoms with Crippen LogP contribution in [0.2, 0.25) is 0 Å². The minimum absolute atomic E-state index is 0.111. The number of hydrogen-bond donors (Lipinski definition) is 1. The highest BCUT2D eigenvalue weighted by Gasteiger charge is 2.75. The smallest absolute Gasteiger partial charge is 0.305 e. The van der Waals surface area contributed by atoms with Crippen molar-refractivity contribution in [1.82, 2.24) is 0 Å². The number of fused-ring (bicyclic) bond motifs is 2. The second kappa shape index (κ2) is 9.11. The Labute approximate surface area is 212 Å². The lowest BCUT2D eigenvalue weighted by Gasteiger charge is -2.68. The highest BCUT2D eigenvalue weighted by molar-refractivity contribution is 5.94. The van der Waals surface area contributed by atoms with Crippen molar-refractivity contribution in [3.8, 4) is 0 Å². The van der Waals surface area contributed by atoms with E-state index < -0.39 is 17.1 Å². The number of aliphatic hydroxyl groups is 1. The van der Waals surface area contributed by atoms with E-state index in [2.05, 4.69) is 27.7 Å². The fourth-order valence-electron chi connectivity index (χ4n) is 9.89. The molecule has 0 aromatic heterocycles. The fraction of sp³-hybridized carbons (Fsp3) is 0.933. The molecule has 0 radical (unpaired) electrons. The van der Waals surface area contributed by atoms with Gasteiger partial charge >= 0.3 is 5.97 Å². The second-order valence-corrected chi connectivity index (χ2v) is 13.6. The van der Waals surface area contributed by atoms with Crippen LogP contribution in [0.5, 0.6) is 0 Å². The first kappa shape index (κ1) is 25.7. The molecule has 2 heterocycles. The third-order valence-electron chi connectivity index (χ3n) is 11.6. The normalized spacial score (nSPS) is 47.2. The number of rotatable bonds is 7. The van der Waals surface area contributed by atoms with Gasteiger partial charge in [0.15, 0.2) is 5.78 Å². The molecular weight excluding hydrogens is 440 g/mol. The molecule has 2 saturated heterocycles. The average Bonchev–Trinajstić information content (AvgIpc) is 3.17. The van der Waals surface area contributed by atoms with Gasteiger partial charge in [-0.3, -0.25) is 9.59 Å². The van der Waals surface area contributed by atoms with Crippen LogP contribution in [0.25, 0.3) is 0 Å². The Kier molecular flexibility index (Phi) is 6.69. The number of ketones is 1. The van der Waals surface area contributed by atoms with Crippen LogP contribution in [0.1, 0.15) is 105 Å². The van der Waals surface area contributed by atoms with Gasteiger partial charge in [0, 0.05) is 18.3 Å². The van der Waals surface area contributed by atoms with Gasteiger partial charge < -0.3 is 14.6 Å². The lowest BCUT2D eigenvalue weighted by Crippen LogP contribution is -2.78. The predicted molar refractivity (Wildman–Crippen MR) is 135 cm³/mol. The van der Waals surface area contributed by atoms with Crippen LogP contribution in [-0.4, -0.2) is 41.3 Å². The van der Waals surface area contributed by atoms with E-state index in [0.717, 1.165) is 30.6 Å². The summed E-state index contributed by atoms with van der Waals surface area (Å²) in [6.45, 7) is 11.9. The van der Waals surface area contributed by atoms with Gasteiger partial charge in [-0.15, -0.1) is 0 Å². The molecule has 198 valence electrons. The van der Waals surface area contributed by atoms with E-state index >= 15 is 0 Å². The van der Waals surface area contributed by atoms with E-state index in [9.17, 15) is 14.7 Å². The molecule has 5 nitrogen and oxygen atoms in total. The summed E-state index contributed by atoms with van der Waals surface area (Å²) in [5.74, 6) is 2.92. The molecule has 4 saturated carbocycles. The molecule has 2 aliphatic heterocycles. The maximum Gasteiger partial charge on any atom is 0.305 e. The van der Waals surface area contributed by atoms with Crippen molar-refractivity contribution in [1.29, 1.82) is 0 Å². The van der Waals surface area contributed by atoms with Crippen molar-refractivity contribution in [2.24, 2.45) is 46.3 Å². The maximum absolute atomic E-state index is 13.9. The molecule has 1 spiro atoms. The Bertz CT molecular complexity index is 839. The molecule has 2 bridgehead atoms. The zero-order valence-electron chi connectivity index (χ0n) is 22.7. The van der Waals surface area contributed by atoms with Crippen LogP contribution in [0, 0.1) is 46.3 Å². The fourth-order valence-corrected chi connectivity index (χ4v) is 9.89. The molecule has 0 amide bonds. The van der Waals surface area contributed by atoms with Crippen LogP contribution in [0.4, 0.5) is 0 Å². The summed E-state index contributed by atoms with van der Waals surface area (Å²) in [6.07, 6.45) is 9.80. The van der Waals surface area contributed by atoms with Crippen molar-refractivity contribution in [2.45, 2.75) is 123 Å². The van der Waals surface area contributed by atoms with Gasteiger partial charge in [0.1, 0.15) is 17.8 Å². The quantitative estimate of drug-likeness (QED) is 0.465. The molecule has 6 fully saturated rings. The lowest BCUT2D eigenvalue weighted by atomic mass is 9.40. The number of Topliss-reactive ketones (excluding diaryl/α,β-unsaturated/α-hetero) is 1. The summed E-state index contributed by atoms with van der Waals surface area (Å²) in [5, 5.41) is 12.0. The van der Waals surface area contributed by atoms with Crippen LogP contribution in [-0.2, 0) is 19.1 Å². The van der Waals surface area contributed by atoms with Crippen LogP contribution < -0.4 is 0 Å². The maximum atomic E-state index is 13.9. The highest BCUT2D eigenvalue weighted by atomic mass is 16.5. The molecule has 0 aromatic rings. The van der Waals surface area contributed by atoms with E-state index in [-0.39, 0.29) is 35.6 Å². The summed E-state index contributed by atoms with van der Waals surface area (Å²) in [4.78, 5) is 25.8. The Hall–Kier alpha value is -0.940. The van der Waals surface area contributed by atoms with E-state index in [1.807, 2.05) is 0 Å². The monoisotopic (exact) mass is 488 g/mol. The Morgan fingerprint density at radius 2 is 1.89 bits per heavy atom. The first-order chi connectivity index (χ1) is 16.6. The zero-order chi connectivity index (χ0) is 25.2. The van der Waals surface area contributed by atoms with Gasteiger partial charge in [-0.25, -0.2) is 0 Å². The molecule has 6 aliphatic rings. The van der Waals surface area contributed by atoms with Crippen molar-refractivity contribution < 1.29 is 24.2 Å². The highest BCUT2D eigenvalue weighted by Crippen LogP contribution is 2.71. The van der Waals surface area contributed by atoms with Crippen LogP contribution >= 0.6 is 0 Å². The van der Waals surface area contributed by atoms with Gasteiger partial charge in [0.05, 0.1) is 6.61 Å². The van der Waals surface area contributed by atoms with E-state index in [0.29, 0.717) is 31.3 Å². The molecular formula is C30H48O5. The summed E-state index contributed by atoms with van der Waals surface area (Å²) < 4.78 is 12.0. The molecule has 0 unspecified atom stereocenters.